The molecule has 1 atom stereocenters. The van der Waals surface area contributed by atoms with Gasteiger partial charge in [-0.25, -0.2) is 4.99 Å². The third kappa shape index (κ3) is 4.52. The largest absolute Gasteiger partial charge is 0.493 e. The quantitative estimate of drug-likeness (QED) is 0.597. The number of benzene rings is 2. The van der Waals surface area contributed by atoms with Crippen molar-refractivity contribution in [3.63, 3.8) is 0 Å². The third-order valence-electron chi connectivity index (χ3n) is 5.00. The first-order chi connectivity index (χ1) is 14.7. The first kappa shape index (κ1) is 20.5. The molecule has 2 aromatic carbocycles. The lowest BCUT2D eigenvalue weighted by molar-refractivity contribution is 0.0854. The van der Waals surface area contributed by atoms with Crippen LogP contribution in [0.4, 0.5) is 5.69 Å². The number of hydrogen-bond acceptors (Lipinski definition) is 6. The van der Waals surface area contributed by atoms with Crippen molar-refractivity contribution in [3.05, 3.63) is 59.6 Å². The Kier molecular flexibility index (Phi) is 6.40. The van der Waals surface area contributed by atoms with E-state index in [1.165, 1.54) is 0 Å². The Bertz CT molecular complexity index is 1120. The Morgan fingerprint density at radius 1 is 1.27 bits per heavy atom. The van der Waals surface area contributed by atoms with Gasteiger partial charge in [-0.3, -0.25) is 4.79 Å². The second kappa shape index (κ2) is 9.36. The lowest BCUT2D eigenvalue weighted by atomic mass is 10.1. The van der Waals surface area contributed by atoms with Gasteiger partial charge in [0.15, 0.2) is 11.3 Å². The summed E-state index contributed by atoms with van der Waals surface area (Å²) in [6.07, 6.45) is 4.05. The molecule has 0 bridgehead atoms. The van der Waals surface area contributed by atoms with E-state index in [1.807, 2.05) is 48.7 Å². The van der Waals surface area contributed by atoms with Gasteiger partial charge >= 0.3 is 0 Å². The van der Waals surface area contributed by atoms with Gasteiger partial charge in [0.2, 0.25) is 5.55 Å². The van der Waals surface area contributed by atoms with Gasteiger partial charge in [-0.2, -0.15) is 0 Å². The van der Waals surface area contributed by atoms with Crippen LogP contribution < -0.4 is 15.6 Å². The van der Waals surface area contributed by atoms with Crippen LogP contribution in [0.25, 0.3) is 11.0 Å². The summed E-state index contributed by atoms with van der Waals surface area (Å²) in [5, 5.41) is 3.74. The zero-order valence-electron chi connectivity index (χ0n) is 17.0. The average Bonchev–Trinajstić information content (AvgIpc) is 3.30. The van der Waals surface area contributed by atoms with Crippen molar-refractivity contribution in [2.75, 3.05) is 26.5 Å². The minimum absolute atomic E-state index is 0.0603. The van der Waals surface area contributed by atoms with Gasteiger partial charge in [0.25, 0.3) is 5.91 Å². The van der Waals surface area contributed by atoms with Crippen molar-refractivity contribution >= 4 is 34.3 Å². The Labute approximate surface area is 179 Å². The predicted molar refractivity (Wildman–Crippen MR) is 118 cm³/mol. The average molecular weight is 425 g/mol. The number of hydrogen-bond donors (Lipinski definition) is 1. The van der Waals surface area contributed by atoms with Gasteiger partial charge in [-0.05, 0) is 49.4 Å². The van der Waals surface area contributed by atoms with Gasteiger partial charge < -0.3 is 19.2 Å². The lowest BCUT2D eigenvalue weighted by Crippen LogP contribution is -2.34. The van der Waals surface area contributed by atoms with E-state index in [-0.39, 0.29) is 17.6 Å². The highest BCUT2D eigenvalue weighted by molar-refractivity contribution is 7.98. The van der Waals surface area contributed by atoms with E-state index >= 15 is 0 Å². The molecule has 0 spiro atoms. The molecule has 1 aliphatic rings. The van der Waals surface area contributed by atoms with Gasteiger partial charge in [0.1, 0.15) is 5.56 Å². The Balaban J connectivity index is 1.78. The van der Waals surface area contributed by atoms with E-state index in [0.717, 1.165) is 29.7 Å². The number of nitrogens with one attached hydrogen (secondary N) is 1. The predicted octanol–water partition coefficient (Wildman–Crippen LogP) is 4.30. The minimum atomic E-state index is -0.237. The number of carbonyl (C=O) groups is 1. The van der Waals surface area contributed by atoms with Crippen LogP contribution in [0, 0.1) is 0 Å². The van der Waals surface area contributed by atoms with Crippen LogP contribution >= 0.6 is 11.8 Å². The number of methoxy groups -OCH3 is 1. The van der Waals surface area contributed by atoms with Crippen molar-refractivity contribution in [2.24, 2.45) is 4.99 Å². The Morgan fingerprint density at radius 3 is 2.90 bits per heavy atom. The highest BCUT2D eigenvalue weighted by Crippen LogP contribution is 2.25. The molecule has 6 nitrogen and oxygen atoms in total. The maximum absolute atomic E-state index is 13.0. The molecular formula is C23H24N2O4S. The van der Waals surface area contributed by atoms with E-state index in [4.69, 9.17) is 13.9 Å². The SMILES string of the molecule is COc1cccc2cc(C(=O)NC[C@@H]3CCCO3)c(=Nc3cccc(SC)c3)oc12. The normalized spacial score (nSPS) is 16.7. The standard InChI is InChI=1S/C23H24N2O4S/c1-27-20-10-3-6-15-12-19(22(26)24-14-17-8-5-11-28-17)23(29-21(15)20)25-16-7-4-9-18(13-16)30-2/h3-4,6-7,9-10,12-13,17H,5,8,11,14H2,1-2H3,(H,24,26)/t17-/m0/s1. The second-order valence-electron chi connectivity index (χ2n) is 7.00. The fourth-order valence-electron chi connectivity index (χ4n) is 3.44. The van der Waals surface area contributed by atoms with Crippen molar-refractivity contribution in [1.29, 1.82) is 0 Å². The number of thioether (sulfide) groups is 1. The smallest absolute Gasteiger partial charge is 0.256 e. The topological polar surface area (TPSA) is 73.1 Å². The van der Waals surface area contributed by atoms with E-state index in [1.54, 1.807) is 24.9 Å². The minimum Gasteiger partial charge on any atom is -0.493 e. The van der Waals surface area contributed by atoms with E-state index < -0.39 is 0 Å². The molecule has 1 fully saturated rings. The number of para-hydroxylation sites is 1. The van der Waals surface area contributed by atoms with Crippen LogP contribution in [0.3, 0.4) is 0 Å². The molecule has 0 saturated carbocycles. The third-order valence-corrected chi connectivity index (χ3v) is 5.73. The number of ether oxygens (including phenoxy) is 2. The van der Waals surface area contributed by atoms with E-state index in [2.05, 4.69) is 10.3 Å². The van der Waals surface area contributed by atoms with Crippen molar-refractivity contribution in [1.82, 2.24) is 5.32 Å². The molecule has 0 aliphatic carbocycles. The van der Waals surface area contributed by atoms with Crippen molar-refractivity contribution in [2.45, 2.75) is 23.8 Å². The molecule has 1 N–H and O–H groups in total. The first-order valence-electron chi connectivity index (χ1n) is 9.87. The molecule has 1 saturated heterocycles. The van der Waals surface area contributed by atoms with E-state index in [9.17, 15) is 4.79 Å². The van der Waals surface area contributed by atoms with Crippen LogP contribution in [0.2, 0.25) is 0 Å². The molecule has 0 radical (unpaired) electrons. The number of fused-ring (bicyclic) bond motifs is 1. The molecule has 1 amide bonds. The summed E-state index contributed by atoms with van der Waals surface area (Å²) >= 11 is 1.63. The molecule has 7 heteroatoms. The Hall–Kier alpha value is -2.77. The van der Waals surface area contributed by atoms with Crippen molar-refractivity contribution in [3.8, 4) is 5.75 Å². The molecule has 156 valence electrons. The summed E-state index contributed by atoms with van der Waals surface area (Å²) in [7, 11) is 1.59. The number of carbonyl (C=O) groups excluding carboxylic acids is 1. The molecular weight excluding hydrogens is 400 g/mol. The summed E-state index contributed by atoms with van der Waals surface area (Å²) in [6.45, 7) is 1.22. The molecule has 4 rings (SSSR count). The zero-order valence-corrected chi connectivity index (χ0v) is 17.8. The van der Waals surface area contributed by atoms with Gasteiger partial charge in [-0.15, -0.1) is 11.8 Å². The van der Waals surface area contributed by atoms with E-state index in [0.29, 0.717) is 29.1 Å². The molecule has 30 heavy (non-hydrogen) atoms. The maximum Gasteiger partial charge on any atom is 0.256 e. The highest BCUT2D eigenvalue weighted by Gasteiger charge is 2.19. The van der Waals surface area contributed by atoms with Crippen LogP contribution in [0.5, 0.6) is 5.75 Å². The van der Waals surface area contributed by atoms with Gasteiger partial charge in [0, 0.05) is 23.4 Å². The zero-order chi connectivity index (χ0) is 20.9. The Morgan fingerprint density at radius 2 is 2.13 bits per heavy atom. The van der Waals surface area contributed by atoms with Gasteiger partial charge in [-0.1, -0.05) is 18.2 Å². The number of rotatable bonds is 6. The van der Waals surface area contributed by atoms with Crippen molar-refractivity contribution < 1.29 is 18.7 Å². The second-order valence-corrected chi connectivity index (χ2v) is 7.88. The molecule has 3 aromatic rings. The highest BCUT2D eigenvalue weighted by atomic mass is 32.2. The first-order valence-corrected chi connectivity index (χ1v) is 11.1. The fraction of sp³-hybridized carbons (Fsp3) is 0.304. The summed E-state index contributed by atoms with van der Waals surface area (Å²) < 4.78 is 17.1. The van der Waals surface area contributed by atoms with Crippen LogP contribution in [0.1, 0.15) is 23.2 Å². The molecule has 1 aliphatic heterocycles. The van der Waals surface area contributed by atoms with Crippen LogP contribution in [-0.4, -0.2) is 38.5 Å². The number of amides is 1. The van der Waals surface area contributed by atoms with Crippen LogP contribution in [-0.2, 0) is 4.74 Å². The molecule has 0 unspecified atom stereocenters. The maximum atomic E-state index is 13.0. The molecule has 2 heterocycles. The monoisotopic (exact) mass is 424 g/mol. The number of nitrogens with zero attached hydrogens (tertiary/aromatic N) is 1. The summed E-state index contributed by atoms with van der Waals surface area (Å²) in [5.74, 6) is 0.354. The summed E-state index contributed by atoms with van der Waals surface area (Å²) in [5.41, 5.74) is 1.89. The summed E-state index contributed by atoms with van der Waals surface area (Å²) in [6, 6.07) is 15.2. The molecule has 1 aromatic heterocycles. The van der Waals surface area contributed by atoms with Crippen LogP contribution in [0.15, 0.2) is 62.8 Å². The van der Waals surface area contributed by atoms with Gasteiger partial charge in [0.05, 0.1) is 18.9 Å². The fourth-order valence-corrected chi connectivity index (χ4v) is 3.89. The summed E-state index contributed by atoms with van der Waals surface area (Å²) in [4.78, 5) is 18.7. The lowest BCUT2D eigenvalue weighted by Gasteiger charge is -2.12.